The quantitative estimate of drug-likeness (QED) is 0.485. The molecule has 7 heteroatoms. The Balaban J connectivity index is 1.75. The molecule has 1 N–H and O–H groups in total. The molecule has 2 aromatic heterocycles. The summed E-state index contributed by atoms with van der Waals surface area (Å²) in [5.41, 5.74) is 2.60. The van der Waals surface area contributed by atoms with Gasteiger partial charge in [0.2, 0.25) is 5.91 Å². The molecule has 1 aromatic carbocycles. The average Bonchev–Trinajstić information content (AvgIpc) is 3.10. The maximum absolute atomic E-state index is 12.7. The van der Waals surface area contributed by atoms with E-state index in [1.807, 2.05) is 42.6 Å². The Morgan fingerprint density at radius 3 is 2.77 bits per heavy atom. The van der Waals surface area contributed by atoms with Crippen LogP contribution in [0.25, 0.3) is 10.2 Å². The summed E-state index contributed by atoms with van der Waals surface area (Å²) in [6.45, 7) is 4.71. The number of thioether (sulfide) groups is 1. The van der Waals surface area contributed by atoms with E-state index < -0.39 is 0 Å². The van der Waals surface area contributed by atoms with Crippen LogP contribution in [0, 0.1) is 6.92 Å². The van der Waals surface area contributed by atoms with E-state index in [1.165, 1.54) is 23.1 Å². The summed E-state index contributed by atoms with van der Waals surface area (Å²) < 4.78 is 2.38. The third kappa shape index (κ3) is 4.34. The Kier molecular flexibility index (Phi) is 6.11. The molecule has 3 rings (SSSR count). The molecule has 26 heavy (non-hydrogen) atoms. The molecule has 3 aromatic rings. The van der Waals surface area contributed by atoms with Gasteiger partial charge in [-0.25, -0.2) is 4.98 Å². The van der Waals surface area contributed by atoms with Crippen LogP contribution in [0.5, 0.6) is 0 Å². The molecule has 136 valence electrons. The van der Waals surface area contributed by atoms with Crippen LogP contribution in [0.2, 0.25) is 0 Å². The third-order valence-electron chi connectivity index (χ3n) is 3.93. The minimum atomic E-state index is -0.111. The van der Waals surface area contributed by atoms with Crippen LogP contribution in [-0.2, 0) is 11.3 Å². The average molecular weight is 388 g/mol. The van der Waals surface area contributed by atoms with E-state index in [4.69, 9.17) is 0 Å². The molecule has 0 atom stereocenters. The van der Waals surface area contributed by atoms with Crippen molar-refractivity contribution in [2.45, 2.75) is 38.4 Å². The lowest BCUT2D eigenvalue weighted by Gasteiger charge is -2.11. The molecule has 0 saturated carbocycles. The standard InChI is InChI=1S/C19H21N3O2S2/c1-3-4-10-22-18(24)17-15(9-11-25-17)21-19(22)26-12-16(23)20-14-7-5-13(2)6-8-14/h5-9,11H,3-4,10,12H2,1-2H3,(H,20,23). The molecular weight excluding hydrogens is 366 g/mol. The van der Waals surface area contributed by atoms with Crippen molar-refractivity contribution < 1.29 is 4.79 Å². The number of aryl methyl sites for hydroxylation is 1. The fraction of sp³-hybridized carbons (Fsp3) is 0.316. The number of carbonyl (C=O) groups is 1. The fourth-order valence-corrected chi connectivity index (χ4v) is 4.11. The Morgan fingerprint density at radius 2 is 2.04 bits per heavy atom. The van der Waals surface area contributed by atoms with Gasteiger partial charge >= 0.3 is 0 Å². The van der Waals surface area contributed by atoms with Crippen molar-refractivity contribution in [3.8, 4) is 0 Å². The van der Waals surface area contributed by atoms with Crippen LogP contribution in [0.15, 0.2) is 45.7 Å². The number of benzene rings is 1. The molecule has 0 aliphatic heterocycles. The summed E-state index contributed by atoms with van der Waals surface area (Å²) >= 11 is 2.72. The topological polar surface area (TPSA) is 64.0 Å². The van der Waals surface area contributed by atoms with Gasteiger partial charge in [-0.2, -0.15) is 0 Å². The van der Waals surface area contributed by atoms with E-state index in [0.717, 1.165) is 24.1 Å². The number of anilines is 1. The van der Waals surface area contributed by atoms with Crippen molar-refractivity contribution in [2.24, 2.45) is 0 Å². The predicted octanol–water partition coefficient (Wildman–Crippen LogP) is 4.30. The number of amides is 1. The highest BCUT2D eigenvalue weighted by molar-refractivity contribution is 7.99. The molecule has 0 aliphatic rings. The first-order valence-corrected chi connectivity index (χ1v) is 10.4. The van der Waals surface area contributed by atoms with Crippen molar-refractivity contribution in [3.05, 3.63) is 51.6 Å². The Morgan fingerprint density at radius 1 is 1.27 bits per heavy atom. The van der Waals surface area contributed by atoms with Crippen LogP contribution in [0.1, 0.15) is 25.3 Å². The zero-order valence-electron chi connectivity index (χ0n) is 14.8. The van der Waals surface area contributed by atoms with Crippen LogP contribution >= 0.6 is 23.1 Å². The lowest BCUT2D eigenvalue weighted by Crippen LogP contribution is -2.23. The number of nitrogens with one attached hydrogen (secondary N) is 1. The summed E-state index contributed by atoms with van der Waals surface area (Å²) in [4.78, 5) is 29.5. The number of hydrogen-bond donors (Lipinski definition) is 1. The summed E-state index contributed by atoms with van der Waals surface area (Å²) in [7, 11) is 0. The molecule has 0 aliphatic carbocycles. The number of rotatable bonds is 7. The third-order valence-corrected chi connectivity index (χ3v) is 5.80. The molecular formula is C19H21N3O2S2. The van der Waals surface area contributed by atoms with Crippen LogP contribution in [-0.4, -0.2) is 21.2 Å². The van der Waals surface area contributed by atoms with Gasteiger partial charge in [0.25, 0.3) is 5.56 Å². The van der Waals surface area contributed by atoms with Gasteiger partial charge in [-0.15, -0.1) is 11.3 Å². The van der Waals surface area contributed by atoms with E-state index in [9.17, 15) is 9.59 Å². The molecule has 1 amide bonds. The van der Waals surface area contributed by atoms with Gasteiger partial charge in [-0.1, -0.05) is 42.8 Å². The zero-order valence-corrected chi connectivity index (χ0v) is 16.5. The first-order valence-electron chi connectivity index (χ1n) is 8.56. The normalized spacial score (nSPS) is 11.0. The number of thiophene rings is 1. The van der Waals surface area contributed by atoms with Crippen molar-refractivity contribution >= 4 is 44.9 Å². The molecule has 2 heterocycles. The summed E-state index contributed by atoms with van der Waals surface area (Å²) in [5, 5.41) is 5.36. The molecule has 0 saturated heterocycles. The molecule has 0 unspecified atom stereocenters. The van der Waals surface area contributed by atoms with Gasteiger partial charge in [0.15, 0.2) is 5.16 Å². The summed E-state index contributed by atoms with van der Waals surface area (Å²) in [6.07, 6.45) is 1.90. The van der Waals surface area contributed by atoms with Crippen LogP contribution in [0.4, 0.5) is 5.69 Å². The predicted molar refractivity (Wildman–Crippen MR) is 109 cm³/mol. The number of fused-ring (bicyclic) bond motifs is 1. The maximum atomic E-state index is 12.7. The molecule has 5 nitrogen and oxygen atoms in total. The highest BCUT2D eigenvalue weighted by atomic mass is 32.2. The second kappa shape index (κ2) is 8.51. The van der Waals surface area contributed by atoms with Crippen molar-refractivity contribution in [1.29, 1.82) is 0 Å². The smallest absolute Gasteiger partial charge is 0.272 e. The maximum Gasteiger partial charge on any atom is 0.272 e. The summed E-state index contributed by atoms with van der Waals surface area (Å²) in [5.74, 6) is 0.0998. The minimum Gasteiger partial charge on any atom is -0.325 e. The highest BCUT2D eigenvalue weighted by Crippen LogP contribution is 2.21. The van der Waals surface area contributed by atoms with E-state index >= 15 is 0 Å². The SMILES string of the molecule is CCCCn1c(SCC(=O)Nc2ccc(C)cc2)nc2ccsc2c1=O. The fourth-order valence-electron chi connectivity index (χ4n) is 2.51. The number of nitrogens with zero attached hydrogens (tertiary/aromatic N) is 2. The summed E-state index contributed by atoms with van der Waals surface area (Å²) in [6, 6.07) is 9.52. The monoisotopic (exact) mass is 387 g/mol. The van der Waals surface area contributed by atoms with E-state index in [1.54, 1.807) is 4.57 Å². The number of unbranched alkanes of at least 4 members (excludes halogenated alkanes) is 1. The van der Waals surface area contributed by atoms with Crippen LogP contribution in [0.3, 0.4) is 0 Å². The van der Waals surface area contributed by atoms with Crippen molar-refractivity contribution in [1.82, 2.24) is 9.55 Å². The van der Waals surface area contributed by atoms with E-state index in [-0.39, 0.29) is 17.2 Å². The number of aromatic nitrogens is 2. The van der Waals surface area contributed by atoms with Gasteiger partial charge in [-0.3, -0.25) is 14.2 Å². The van der Waals surface area contributed by atoms with Crippen molar-refractivity contribution in [3.63, 3.8) is 0 Å². The number of hydrogen-bond acceptors (Lipinski definition) is 5. The second-order valence-electron chi connectivity index (χ2n) is 6.04. The van der Waals surface area contributed by atoms with E-state index in [2.05, 4.69) is 17.2 Å². The van der Waals surface area contributed by atoms with Gasteiger partial charge in [0, 0.05) is 12.2 Å². The van der Waals surface area contributed by atoms with E-state index in [0.29, 0.717) is 21.9 Å². The van der Waals surface area contributed by atoms with Gasteiger partial charge in [0.1, 0.15) is 4.70 Å². The Labute approximate surface area is 160 Å². The molecule has 0 fully saturated rings. The van der Waals surface area contributed by atoms with Crippen LogP contribution < -0.4 is 10.9 Å². The molecule has 0 bridgehead atoms. The second-order valence-corrected chi connectivity index (χ2v) is 7.90. The zero-order chi connectivity index (χ0) is 18.5. The lowest BCUT2D eigenvalue weighted by atomic mass is 10.2. The number of carbonyl (C=O) groups excluding carboxylic acids is 1. The highest BCUT2D eigenvalue weighted by Gasteiger charge is 2.14. The minimum absolute atomic E-state index is 0.0140. The first kappa shape index (κ1) is 18.7. The van der Waals surface area contributed by atoms with Crippen molar-refractivity contribution in [2.75, 3.05) is 11.1 Å². The lowest BCUT2D eigenvalue weighted by molar-refractivity contribution is -0.113. The molecule has 0 spiro atoms. The Hall–Kier alpha value is -2.12. The Bertz CT molecular complexity index is 961. The largest absolute Gasteiger partial charge is 0.325 e. The molecule has 0 radical (unpaired) electrons. The first-order chi connectivity index (χ1) is 12.6. The van der Waals surface area contributed by atoms with Gasteiger partial charge < -0.3 is 5.32 Å². The van der Waals surface area contributed by atoms with Gasteiger partial charge in [-0.05, 0) is 36.9 Å². The van der Waals surface area contributed by atoms with Gasteiger partial charge in [0.05, 0.1) is 11.3 Å².